The number of pyridine rings is 1. The number of aromatic nitrogens is 3. The van der Waals surface area contributed by atoms with Crippen LogP contribution in [0.4, 0.5) is 10.1 Å². The number of halogens is 2. The molecule has 0 radical (unpaired) electrons. The van der Waals surface area contributed by atoms with Crippen molar-refractivity contribution in [3.63, 3.8) is 0 Å². The Bertz CT molecular complexity index is 1050. The molecular weight excluding hydrogens is 520 g/mol. The first-order valence-corrected chi connectivity index (χ1v) is 10.9. The molecule has 0 spiro atoms. The lowest BCUT2D eigenvalue weighted by Gasteiger charge is -2.35. The number of anilines is 1. The van der Waals surface area contributed by atoms with Crippen LogP contribution in [0.1, 0.15) is 30.7 Å². The lowest BCUT2D eigenvalue weighted by atomic mass is 10.0. The lowest BCUT2D eigenvalue weighted by Crippen LogP contribution is -2.51. The Morgan fingerprint density at radius 2 is 2.12 bits per heavy atom. The first kappa shape index (κ1) is 24.2. The summed E-state index contributed by atoms with van der Waals surface area (Å²) in [6.07, 6.45) is 5.80. The van der Waals surface area contributed by atoms with Crippen LogP contribution in [0.3, 0.4) is 0 Å². The lowest BCUT2D eigenvalue weighted by molar-refractivity contribution is 0.462. The minimum absolute atomic E-state index is 0. The third-order valence-corrected chi connectivity index (χ3v) is 5.68. The molecule has 1 aliphatic rings. The Morgan fingerprint density at radius 1 is 1.25 bits per heavy atom. The van der Waals surface area contributed by atoms with Gasteiger partial charge < -0.3 is 15.5 Å². The van der Waals surface area contributed by atoms with Gasteiger partial charge in [0.2, 0.25) is 0 Å². The average Bonchev–Trinajstić information content (AvgIpc) is 3.21. The standard InChI is InChI=1S/C23H30FN7.HI/c1-17-10-11-19(24)20(15-17)30-13-6-7-18(16-30)27-23(25-2)26-12-5-9-22-29-28-21-8-3-4-14-31(21)22;/h3-4,8,10-11,14-15,18H,5-7,9,12-13,16H2,1-2H3,(H2,25,26,27);1H. The summed E-state index contributed by atoms with van der Waals surface area (Å²) in [6.45, 7) is 4.41. The van der Waals surface area contributed by atoms with Crippen molar-refractivity contribution in [1.29, 1.82) is 0 Å². The van der Waals surface area contributed by atoms with Crippen molar-refractivity contribution in [2.24, 2.45) is 4.99 Å². The van der Waals surface area contributed by atoms with Gasteiger partial charge in [0.25, 0.3) is 0 Å². The molecule has 1 fully saturated rings. The highest BCUT2D eigenvalue weighted by molar-refractivity contribution is 14.0. The smallest absolute Gasteiger partial charge is 0.191 e. The fraction of sp³-hybridized carbons (Fsp3) is 0.435. The van der Waals surface area contributed by atoms with Crippen LogP contribution in [-0.2, 0) is 6.42 Å². The van der Waals surface area contributed by atoms with E-state index in [0.717, 1.165) is 68.3 Å². The van der Waals surface area contributed by atoms with E-state index in [-0.39, 0.29) is 35.8 Å². The first-order chi connectivity index (χ1) is 15.1. The van der Waals surface area contributed by atoms with Crippen molar-refractivity contribution in [3.05, 3.63) is 59.8 Å². The highest BCUT2D eigenvalue weighted by Crippen LogP contribution is 2.24. The molecule has 3 aromatic rings. The predicted molar refractivity (Wildman–Crippen MR) is 138 cm³/mol. The Labute approximate surface area is 205 Å². The number of benzene rings is 1. The van der Waals surface area contributed by atoms with Gasteiger partial charge in [0.05, 0.1) is 5.69 Å². The molecule has 1 unspecified atom stereocenters. The van der Waals surface area contributed by atoms with E-state index >= 15 is 0 Å². The summed E-state index contributed by atoms with van der Waals surface area (Å²) < 4.78 is 16.3. The van der Waals surface area contributed by atoms with E-state index in [4.69, 9.17) is 0 Å². The number of hydrogen-bond acceptors (Lipinski definition) is 4. The van der Waals surface area contributed by atoms with Crippen LogP contribution in [0, 0.1) is 12.7 Å². The summed E-state index contributed by atoms with van der Waals surface area (Å²) in [7, 11) is 1.78. The third-order valence-electron chi connectivity index (χ3n) is 5.68. The van der Waals surface area contributed by atoms with Crippen molar-refractivity contribution in [1.82, 2.24) is 25.2 Å². The van der Waals surface area contributed by atoms with Crippen LogP contribution in [-0.4, -0.2) is 53.3 Å². The minimum atomic E-state index is -0.158. The molecule has 1 aliphatic heterocycles. The van der Waals surface area contributed by atoms with Gasteiger partial charge in [-0.15, -0.1) is 34.2 Å². The number of aryl methyl sites for hydroxylation is 2. The molecule has 1 aromatic carbocycles. The number of rotatable bonds is 6. The van der Waals surface area contributed by atoms with Gasteiger partial charge in [-0.25, -0.2) is 4.39 Å². The maximum atomic E-state index is 14.3. The Morgan fingerprint density at radius 3 is 2.97 bits per heavy atom. The molecule has 9 heteroatoms. The van der Waals surface area contributed by atoms with Gasteiger partial charge in [-0.2, -0.15) is 0 Å². The van der Waals surface area contributed by atoms with Gasteiger partial charge in [-0.05, 0) is 56.0 Å². The normalized spacial score (nSPS) is 16.7. The molecule has 7 nitrogen and oxygen atoms in total. The highest BCUT2D eigenvalue weighted by atomic mass is 127. The fourth-order valence-electron chi connectivity index (χ4n) is 4.08. The van der Waals surface area contributed by atoms with Gasteiger partial charge in [-0.3, -0.25) is 9.39 Å². The number of guanidine groups is 1. The van der Waals surface area contributed by atoms with Crippen LogP contribution in [0.25, 0.3) is 5.65 Å². The van der Waals surface area contributed by atoms with Crippen LogP contribution < -0.4 is 15.5 Å². The Hall–Kier alpha value is -2.43. The molecule has 1 saturated heterocycles. The average molecular weight is 551 g/mol. The summed E-state index contributed by atoms with van der Waals surface area (Å²) in [4.78, 5) is 6.50. The van der Waals surface area contributed by atoms with E-state index in [9.17, 15) is 4.39 Å². The predicted octanol–water partition coefficient (Wildman–Crippen LogP) is 3.56. The monoisotopic (exact) mass is 551 g/mol. The molecule has 172 valence electrons. The number of nitrogens with one attached hydrogen (secondary N) is 2. The molecule has 0 aliphatic carbocycles. The molecule has 0 amide bonds. The quantitative estimate of drug-likeness (QED) is 0.212. The number of nitrogens with zero attached hydrogens (tertiary/aromatic N) is 5. The second-order valence-electron chi connectivity index (χ2n) is 8.03. The largest absolute Gasteiger partial charge is 0.367 e. The van der Waals surface area contributed by atoms with Crippen molar-refractivity contribution >= 4 is 41.3 Å². The van der Waals surface area contributed by atoms with Gasteiger partial charge in [0, 0.05) is 45.3 Å². The Kier molecular flexibility index (Phi) is 8.66. The number of hydrogen-bond donors (Lipinski definition) is 2. The molecule has 2 aromatic heterocycles. The molecule has 4 rings (SSSR count). The van der Waals surface area contributed by atoms with Crippen molar-refractivity contribution in [2.75, 3.05) is 31.6 Å². The maximum Gasteiger partial charge on any atom is 0.191 e. The summed E-state index contributed by atoms with van der Waals surface area (Å²) in [6, 6.07) is 11.4. The van der Waals surface area contributed by atoms with Crippen molar-refractivity contribution < 1.29 is 4.39 Å². The number of piperidine rings is 1. The van der Waals surface area contributed by atoms with Crippen LogP contribution in [0.2, 0.25) is 0 Å². The molecule has 3 heterocycles. The number of fused-ring (bicyclic) bond motifs is 1. The zero-order valence-corrected chi connectivity index (χ0v) is 20.9. The SMILES string of the molecule is CN=C(NCCCc1nnc2ccccn12)NC1CCCN(c2cc(C)ccc2F)C1.I. The van der Waals surface area contributed by atoms with Crippen LogP contribution in [0.15, 0.2) is 47.6 Å². The molecule has 32 heavy (non-hydrogen) atoms. The van der Waals surface area contributed by atoms with Crippen LogP contribution in [0.5, 0.6) is 0 Å². The van der Waals surface area contributed by atoms with E-state index in [1.54, 1.807) is 13.1 Å². The van der Waals surface area contributed by atoms with Gasteiger partial charge in [0.1, 0.15) is 11.6 Å². The molecule has 2 N–H and O–H groups in total. The van der Waals surface area contributed by atoms with E-state index in [1.807, 2.05) is 47.9 Å². The van der Waals surface area contributed by atoms with Crippen LogP contribution >= 0.6 is 24.0 Å². The zero-order valence-electron chi connectivity index (χ0n) is 18.6. The first-order valence-electron chi connectivity index (χ1n) is 10.9. The molecule has 0 bridgehead atoms. The fourth-order valence-corrected chi connectivity index (χ4v) is 4.08. The van der Waals surface area contributed by atoms with E-state index in [1.165, 1.54) is 0 Å². The molecule has 1 atom stereocenters. The second-order valence-corrected chi connectivity index (χ2v) is 8.03. The van der Waals surface area contributed by atoms with E-state index in [0.29, 0.717) is 5.69 Å². The van der Waals surface area contributed by atoms with Crippen molar-refractivity contribution in [2.45, 2.75) is 38.6 Å². The van der Waals surface area contributed by atoms with Crippen molar-refractivity contribution in [3.8, 4) is 0 Å². The van der Waals surface area contributed by atoms with E-state index in [2.05, 4.69) is 30.7 Å². The summed E-state index contributed by atoms with van der Waals surface area (Å²) >= 11 is 0. The topological polar surface area (TPSA) is 69.8 Å². The van der Waals surface area contributed by atoms with Gasteiger partial charge >= 0.3 is 0 Å². The van der Waals surface area contributed by atoms with Gasteiger partial charge in [0.15, 0.2) is 11.6 Å². The van der Waals surface area contributed by atoms with Gasteiger partial charge in [-0.1, -0.05) is 12.1 Å². The summed E-state index contributed by atoms with van der Waals surface area (Å²) in [5.41, 5.74) is 2.63. The second kappa shape index (κ2) is 11.4. The summed E-state index contributed by atoms with van der Waals surface area (Å²) in [5.74, 6) is 1.58. The Balaban J connectivity index is 0.00000289. The molecular formula is C23H31FIN7. The number of aliphatic imine (C=N–C) groups is 1. The maximum absolute atomic E-state index is 14.3. The third kappa shape index (κ3) is 5.87. The summed E-state index contributed by atoms with van der Waals surface area (Å²) in [5, 5.41) is 15.4. The minimum Gasteiger partial charge on any atom is -0.367 e. The molecule has 0 saturated carbocycles. The highest BCUT2D eigenvalue weighted by Gasteiger charge is 2.23. The zero-order chi connectivity index (χ0) is 21.6. The van der Waals surface area contributed by atoms with E-state index < -0.39 is 0 Å².